The minimum atomic E-state index is -0.955. The number of carbonyl (C=O) groups excluding carboxylic acids is 1. The number of nitrogens with zero attached hydrogens (tertiary/aromatic N) is 1. The SMILES string of the molecule is CC1=CC[C@@H](C(=O)N(c2cc(C(C)(C)C)sc2C(=O)O)[C@H]2CC[C@H](O[C@H]3CCOC3)CC2)[C@H](C)C1. The number of thiophene rings is 1. The maximum Gasteiger partial charge on any atom is 0.348 e. The first-order valence-electron chi connectivity index (χ1n) is 13.1. The van der Waals surface area contributed by atoms with Crippen LogP contribution in [0.15, 0.2) is 17.7 Å². The monoisotopic (exact) mass is 503 g/mol. The van der Waals surface area contributed by atoms with Crippen molar-refractivity contribution in [3.63, 3.8) is 0 Å². The van der Waals surface area contributed by atoms with Crippen molar-refractivity contribution in [1.82, 2.24) is 0 Å². The van der Waals surface area contributed by atoms with Crippen molar-refractivity contribution in [2.75, 3.05) is 18.1 Å². The van der Waals surface area contributed by atoms with Crippen molar-refractivity contribution >= 4 is 28.9 Å². The van der Waals surface area contributed by atoms with Gasteiger partial charge in [0.25, 0.3) is 0 Å². The average molecular weight is 504 g/mol. The minimum absolute atomic E-state index is 0.0121. The Balaban J connectivity index is 1.63. The summed E-state index contributed by atoms with van der Waals surface area (Å²) in [5, 5.41) is 10.1. The first-order chi connectivity index (χ1) is 16.5. The molecule has 0 aromatic carbocycles. The van der Waals surface area contributed by atoms with Crippen LogP contribution < -0.4 is 4.90 Å². The molecule has 4 rings (SSSR count). The van der Waals surface area contributed by atoms with E-state index in [0.717, 1.165) is 56.4 Å². The summed E-state index contributed by atoms with van der Waals surface area (Å²) in [4.78, 5) is 29.7. The first-order valence-corrected chi connectivity index (χ1v) is 14.0. The Morgan fingerprint density at radius 3 is 2.43 bits per heavy atom. The lowest BCUT2D eigenvalue weighted by Crippen LogP contribution is -2.48. The van der Waals surface area contributed by atoms with E-state index < -0.39 is 5.97 Å². The molecule has 0 bridgehead atoms. The van der Waals surface area contributed by atoms with E-state index in [0.29, 0.717) is 12.3 Å². The molecule has 0 unspecified atom stereocenters. The van der Waals surface area contributed by atoms with Gasteiger partial charge >= 0.3 is 5.97 Å². The molecule has 1 aliphatic heterocycles. The molecule has 1 saturated carbocycles. The van der Waals surface area contributed by atoms with Gasteiger partial charge in [-0.15, -0.1) is 11.3 Å². The zero-order valence-corrected chi connectivity index (χ0v) is 22.7. The standard InChI is InChI=1S/C28H41NO5S/c1-17-6-11-22(18(2)14-17)26(30)29(23-15-24(28(3,4)5)35-25(23)27(31)32)19-7-9-20(10-8-19)34-21-12-13-33-16-21/h6,15,18-22H,7-14,16H2,1-5H3,(H,31,32)/t18-,19-,20-,21+,22-/m1/s1. The predicted molar refractivity (Wildman–Crippen MR) is 139 cm³/mol. The highest BCUT2D eigenvalue weighted by atomic mass is 32.1. The predicted octanol–water partition coefficient (Wildman–Crippen LogP) is 6.19. The molecule has 0 radical (unpaired) electrons. The Hall–Kier alpha value is -1.70. The highest BCUT2D eigenvalue weighted by Crippen LogP contribution is 2.42. The van der Waals surface area contributed by atoms with Gasteiger partial charge in [0.2, 0.25) is 5.91 Å². The Kier molecular flexibility index (Phi) is 8.08. The molecule has 1 amide bonds. The number of carbonyl (C=O) groups is 2. The summed E-state index contributed by atoms with van der Waals surface area (Å²) in [6.45, 7) is 12.0. The lowest BCUT2D eigenvalue weighted by atomic mass is 9.79. The summed E-state index contributed by atoms with van der Waals surface area (Å²) in [5.74, 6) is -0.756. The van der Waals surface area contributed by atoms with Crippen LogP contribution in [0.1, 0.15) is 94.1 Å². The van der Waals surface area contributed by atoms with Crippen LogP contribution in [-0.4, -0.2) is 48.4 Å². The second-order valence-electron chi connectivity index (χ2n) is 11.7. The Labute approximate surface area is 213 Å². The number of carboxylic acids is 1. The highest BCUT2D eigenvalue weighted by Gasteiger charge is 2.39. The van der Waals surface area contributed by atoms with Gasteiger partial charge in [-0.05, 0) is 69.3 Å². The molecular weight excluding hydrogens is 462 g/mol. The van der Waals surface area contributed by atoms with Crippen LogP contribution in [0.3, 0.4) is 0 Å². The molecule has 6 nitrogen and oxygen atoms in total. The summed E-state index contributed by atoms with van der Waals surface area (Å²) in [7, 11) is 0. The van der Waals surface area contributed by atoms with Gasteiger partial charge in [0, 0.05) is 23.4 Å². The van der Waals surface area contributed by atoms with Crippen molar-refractivity contribution in [1.29, 1.82) is 0 Å². The van der Waals surface area contributed by atoms with Crippen LogP contribution in [0.2, 0.25) is 0 Å². The molecule has 2 fully saturated rings. The molecule has 1 aromatic rings. The van der Waals surface area contributed by atoms with Gasteiger partial charge in [0.15, 0.2) is 0 Å². The average Bonchev–Trinajstić information content (AvgIpc) is 3.45. The minimum Gasteiger partial charge on any atom is -0.477 e. The lowest BCUT2D eigenvalue weighted by Gasteiger charge is -2.40. The third-order valence-electron chi connectivity index (χ3n) is 7.79. The maximum atomic E-state index is 14.2. The van der Waals surface area contributed by atoms with Crippen molar-refractivity contribution in [3.8, 4) is 0 Å². The van der Waals surface area contributed by atoms with Gasteiger partial charge in [-0.1, -0.05) is 39.3 Å². The number of aromatic carboxylic acids is 1. The summed E-state index contributed by atoms with van der Waals surface area (Å²) in [6.07, 6.45) is 8.52. The molecule has 194 valence electrons. The Morgan fingerprint density at radius 2 is 1.86 bits per heavy atom. The molecule has 3 aliphatic rings. The number of amides is 1. The zero-order valence-electron chi connectivity index (χ0n) is 21.8. The van der Waals surface area contributed by atoms with Gasteiger partial charge in [-0.2, -0.15) is 0 Å². The van der Waals surface area contributed by atoms with E-state index >= 15 is 0 Å². The molecule has 2 heterocycles. The van der Waals surface area contributed by atoms with Gasteiger partial charge in [-0.3, -0.25) is 4.79 Å². The molecule has 1 aromatic heterocycles. The van der Waals surface area contributed by atoms with Crippen molar-refractivity contribution in [3.05, 3.63) is 27.5 Å². The molecule has 1 N–H and O–H groups in total. The molecule has 35 heavy (non-hydrogen) atoms. The number of carboxylic acid groups (broad SMARTS) is 1. The lowest BCUT2D eigenvalue weighted by molar-refractivity contribution is -0.124. The third kappa shape index (κ3) is 6.00. The van der Waals surface area contributed by atoms with Gasteiger partial charge < -0.3 is 19.5 Å². The largest absolute Gasteiger partial charge is 0.477 e. The Bertz CT molecular complexity index is 947. The smallest absolute Gasteiger partial charge is 0.348 e. The first kappa shape index (κ1) is 26.4. The molecular formula is C28H41NO5S. The van der Waals surface area contributed by atoms with Crippen molar-refractivity contribution < 1.29 is 24.2 Å². The quantitative estimate of drug-likeness (QED) is 0.469. The number of hydrogen-bond acceptors (Lipinski definition) is 5. The highest BCUT2D eigenvalue weighted by molar-refractivity contribution is 7.14. The van der Waals surface area contributed by atoms with E-state index in [1.807, 2.05) is 11.0 Å². The van der Waals surface area contributed by atoms with Crippen LogP contribution in [-0.2, 0) is 19.7 Å². The second kappa shape index (κ2) is 10.7. The third-order valence-corrected chi connectivity index (χ3v) is 9.33. The van der Waals surface area contributed by atoms with E-state index in [1.165, 1.54) is 16.9 Å². The van der Waals surface area contributed by atoms with E-state index in [-0.39, 0.29) is 46.3 Å². The fourth-order valence-corrected chi connectivity index (χ4v) is 6.77. The molecule has 3 atom stereocenters. The fourth-order valence-electron chi connectivity index (χ4n) is 5.73. The van der Waals surface area contributed by atoms with Gasteiger partial charge in [0.05, 0.1) is 24.5 Å². The number of allylic oxidation sites excluding steroid dienone is 2. The molecule has 0 spiro atoms. The maximum absolute atomic E-state index is 14.2. The molecule has 7 heteroatoms. The van der Waals surface area contributed by atoms with Crippen LogP contribution >= 0.6 is 11.3 Å². The normalized spacial score (nSPS) is 29.6. The fraction of sp³-hybridized carbons (Fsp3) is 0.714. The van der Waals surface area contributed by atoms with E-state index in [2.05, 4.69) is 40.7 Å². The van der Waals surface area contributed by atoms with E-state index in [1.54, 1.807) is 0 Å². The number of ether oxygens (including phenoxy) is 2. The van der Waals surface area contributed by atoms with Crippen molar-refractivity contribution in [2.45, 2.75) is 103 Å². The summed E-state index contributed by atoms with van der Waals surface area (Å²) < 4.78 is 11.7. The summed E-state index contributed by atoms with van der Waals surface area (Å²) >= 11 is 1.31. The van der Waals surface area contributed by atoms with Crippen molar-refractivity contribution in [2.24, 2.45) is 11.8 Å². The van der Waals surface area contributed by atoms with Crippen LogP contribution in [0, 0.1) is 11.8 Å². The number of rotatable bonds is 6. The van der Waals surface area contributed by atoms with Crippen LogP contribution in [0.4, 0.5) is 5.69 Å². The molecule has 2 aliphatic carbocycles. The van der Waals surface area contributed by atoms with E-state index in [4.69, 9.17) is 9.47 Å². The van der Waals surface area contributed by atoms with E-state index in [9.17, 15) is 14.7 Å². The van der Waals surface area contributed by atoms with Crippen LogP contribution in [0.5, 0.6) is 0 Å². The summed E-state index contributed by atoms with van der Waals surface area (Å²) in [6, 6.07) is 1.96. The summed E-state index contributed by atoms with van der Waals surface area (Å²) in [5.41, 5.74) is 1.73. The van der Waals surface area contributed by atoms with Crippen LogP contribution in [0.25, 0.3) is 0 Å². The van der Waals surface area contributed by atoms with Gasteiger partial charge in [0.1, 0.15) is 4.88 Å². The second-order valence-corrected chi connectivity index (χ2v) is 12.8. The Morgan fingerprint density at radius 1 is 1.14 bits per heavy atom. The zero-order chi connectivity index (χ0) is 25.3. The number of anilines is 1. The number of hydrogen-bond donors (Lipinski definition) is 1. The topological polar surface area (TPSA) is 76.1 Å². The van der Waals surface area contributed by atoms with Gasteiger partial charge in [-0.25, -0.2) is 4.79 Å². The molecule has 1 saturated heterocycles.